The molecular weight excluding hydrogens is 710 g/mol. The van der Waals surface area contributed by atoms with Crippen LogP contribution < -0.4 is 24.6 Å². The van der Waals surface area contributed by atoms with Gasteiger partial charge in [-0.1, -0.05) is 12.7 Å². The number of anilines is 6. The number of rotatable bonds is 11. The Balaban J connectivity index is 1.20. The van der Waals surface area contributed by atoms with Crippen molar-refractivity contribution >= 4 is 61.6 Å². The molecule has 0 atom stereocenters. The zero-order valence-corrected chi connectivity index (χ0v) is 30.7. The van der Waals surface area contributed by atoms with E-state index in [1.165, 1.54) is 25.5 Å². The highest BCUT2D eigenvalue weighted by atomic mass is 32.2. The van der Waals surface area contributed by atoms with E-state index in [1.807, 2.05) is 0 Å². The van der Waals surface area contributed by atoms with Gasteiger partial charge in [0.2, 0.25) is 16.0 Å². The number of likely N-dealkylation sites (N-methyl/N-ethyl adjacent to an activating group) is 1. The number of hydrogen-bond donors (Lipinski definition) is 2. The molecule has 4 aromatic rings. The molecule has 53 heavy (non-hydrogen) atoms. The third kappa shape index (κ3) is 8.26. The molecule has 2 aromatic carbocycles. The maximum atomic E-state index is 13.9. The SMILES string of the molecule is C=Cc1cc(Nc2ncc(C3CC3)c(Nc3ccc4nccnc4c3N(C)S(C)(=O)=O)n2)c(OC(F)(F)F)cc1N1CCC(N2CCN(C)CC2)CC1. The van der Waals surface area contributed by atoms with Crippen molar-refractivity contribution in [1.29, 1.82) is 0 Å². The topological polar surface area (TPSA) is 132 Å². The first-order valence-electron chi connectivity index (χ1n) is 17.6. The normalized spacial score (nSPS) is 17.9. The number of piperazine rings is 1. The van der Waals surface area contributed by atoms with Crippen LogP contribution in [0.25, 0.3) is 17.1 Å². The van der Waals surface area contributed by atoms with E-state index in [4.69, 9.17) is 4.98 Å². The van der Waals surface area contributed by atoms with Crippen molar-refractivity contribution in [1.82, 2.24) is 29.7 Å². The van der Waals surface area contributed by atoms with Gasteiger partial charge in [-0.3, -0.25) is 19.2 Å². The Hall–Kier alpha value is -4.74. The lowest BCUT2D eigenvalue weighted by atomic mass is 10.00. The standard InChI is InChI=1S/C36H43F3N10O3S/c1-5-23-20-29(31(52-36(37,38)39)21-30(23)49-14-10-25(11-15-49)48-18-16-46(2)17-19-48)44-35-42-22-26(24-6-7-24)34(45-35)43-28-9-8-27-32(41-13-12-40-27)33(28)47(3)53(4,50)51/h5,8-9,12-13,20-22,24-25H,1,6-7,10-11,14-19H2,2-4H3,(H2,42,43,44,45). The molecule has 3 aliphatic rings. The molecule has 1 aliphatic carbocycles. The van der Waals surface area contributed by atoms with Crippen molar-refractivity contribution in [3.05, 3.63) is 60.6 Å². The van der Waals surface area contributed by atoms with Gasteiger partial charge in [0.15, 0.2) is 5.75 Å². The van der Waals surface area contributed by atoms with E-state index in [-0.39, 0.29) is 23.2 Å². The van der Waals surface area contributed by atoms with Crippen LogP contribution in [0.15, 0.2) is 49.4 Å². The van der Waals surface area contributed by atoms with Gasteiger partial charge in [0, 0.05) is 88.3 Å². The number of fused-ring (bicyclic) bond motifs is 1. The summed E-state index contributed by atoms with van der Waals surface area (Å²) in [7, 11) is -0.159. The molecule has 2 N–H and O–H groups in total. The molecule has 13 nitrogen and oxygen atoms in total. The van der Waals surface area contributed by atoms with E-state index in [2.05, 4.69) is 58.6 Å². The zero-order chi connectivity index (χ0) is 37.5. The van der Waals surface area contributed by atoms with Crippen LogP contribution in [0.4, 0.5) is 47.7 Å². The van der Waals surface area contributed by atoms with Crippen LogP contribution in [0.3, 0.4) is 0 Å². The maximum absolute atomic E-state index is 13.9. The van der Waals surface area contributed by atoms with Gasteiger partial charge in [0.25, 0.3) is 0 Å². The second-order valence-electron chi connectivity index (χ2n) is 13.9. The predicted molar refractivity (Wildman–Crippen MR) is 201 cm³/mol. The lowest BCUT2D eigenvalue weighted by Gasteiger charge is -2.43. The monoisotopic (exact) mass is 752 g/mol. The minimum Gasteiger partial charge on any atom is -0.403 e. The van der Waals surface area contributed by atoms with E-state index in [9.17, 15) is 21.6 Å². The fourth-order valence-electron chi connectivity index (χ4n) is 7.09. The fourth-order valence-corrected chi connectivity index (χ4v) is 7.61. The molecule has 282 valence electrons. The number of halogens is 3. The highest BCUT2D eigenvalue weighted by Gasteiger charge is 2.34. The number of hydrogen-bond acceptors (Lipinski definition) is 12. The molecule has 2 saturated heterocycles. The molecule has 17 heteroatoms. The number of ether oxygens (including phenoxy) is 1. The maximum Gasteiger partial charge on any atom is 0.573 e. The van der Waals surface area contributed by atoms with Crippen LogP contribution in [0.5, 0.6) is 5.75 Å². The number of aromatic nitrogens is 4. The Morgan fingerprint density at radius 1 is 0.962 bits per heavy atom. The van der Waals surface area contributed by atoms with Crippen LogP contribution in [-0.4, -0.2) is 110 Å². The highest BCUT2D eigenvalue weighted by Crippen LogP contribution is 2.45. The van der Waals surface area contributed by atoms with E-state index >= 15 is 0 Å². The number of nitrogens with one attached hydrogen (secondary N) is 2. The van der Waals surface area contributed by atoms with Gasteiger partial charge in [-0.2, -0.15) is 4.98 Å². The number of nitrogens with zero attached hydrogens (tertiary/aromatic N) is 8. The van der Waals surface area contributed by atoms with Crippen LogP contribution in [0.2, 0.25) is 0 Å². The molecule has 0 amide bonds. The lowest BCUT2D eigenvalue weighted by molar-refractivity contribution is -0.274. The quantitative estimate of drug-likeness (QED) is 0.188. The summed E-state index contributed by atoms with van der Waals surface area (Å²) in [6, 6.07) is 6.82. The molecule has 0 unspecified atom stereocenters. The average molecular weight is 753 g/mol. The first kappa shape index (κ1) is 36.6. The lowest BCUT2D eigenvalue weighted by Crippen LogP contribution is -2.52. The van der Waals surface area contributed by atoms with Gasteiger partial charge in [-0.05, 0) is 62.4 Å². The van der Waals surface area contributed by atoms with E-state index < -0.39 is 22.1 Å². The van der Waals surface area contributed by atoms with Crippen molar-refractivity contribution in [2.75, 3.05) is 79.5 Å². The van der Waals surface area contributed by atoms with Gasteiger partial charge < -0.3 is 25.2 Å². The van der Waals surface area contributed by atoms with Crippen molar-refractivity contribution < 1.29 is 26.3 Å². The minimum atomic E-state index is -4.96. The second-order valence-corrected chi connectivity index (χ2v) is 15.9. The molecule has 0 bridgehead atoms. The Bertz CT molecular complexity index is 2100. The Labute approximate surface area is 306 Å². The first-order valence-corrected chi connectivity index (χ1v) is 19.4. The van der Waals surface area contributed by atoms with Crippen molar-refractivity contribution in [2.24, 2.45) is 0 Å². The van der Waals surface area contributed by atoms with Crippen molar-refractivity contribution in [3.63, 3.8) is 0 Å². The molecule has 2 aromatic heterocycles. The molecule has 0 spiro atoms. The first-order chi connectivity index (χ1) is 25.3. The molecule has 4 heterocycles. The van der Waals surface area contributed by atoms with Crippen LogP contribution in [0, 0.1) is 0 Å². The van der Waals surface area contributed by atoms with Gasteiger partial charge in [0.1, 0.15) is 17.0 Å². The number of sulfonamides is 1. The molecule has 0 radical (unpaired) electrons. The average Bonchev–Trinajstić information content (AvgIpc) is 3.97. The summed E-state index contributed by atoms with van der Waals surface area (Å²) in [5, 5.41) is 6.25. The number of benzene rings is 2. The molecule has 1 saturated carbocycles. The largest absolute Gasteiger partial charge is 0.573 e. The zero-order valence-electron chi connectivity index (χ0n) is 29.9. The van der Waals surface area contributed by atoms with E-state index in [1.54, 1.807) is 30.5 Å². The number of piperidine rings is 1. The Kier molecular flexibility index (Phi) is 10.1. The Morgan fingerprint density at radius 2 is 1.68 bits per heavy atom. The van der Waals surface area contributed by atoms with E-state index in [0.717, 1.165) is 68.0 Å². The minimum absolute atomic E-state index is 0.0110. The van der Waals surface area contributed by atoms with Gasteiger partial charge in [-0.25, -0.2) is 13.4 Å². The molecule has 2 aliphatic heterocycles. The molecular formula is C36H43F3N10O3S. The predicted octanol–water partition coefficient (Wildman–Crippen LogP) is 5.94. The highest BCUT2D eigenvalue weighted by molar-refractivity contribution is 7.92. The third-order valence-electron chi connectivity index (χ3n) is 10.2. The summed E-state index contributed by atoms with van der Waals surface area (Å²) in [5.74, 6) is 0.129. The summed E-state index contributed by atoms with van der Waals surface area (Å²) >= 11 is 0. The van der Waals surface area contributed by atoms with Gasteiger partial charge >= 0.3 is 6.36 Å². The smallest absolute Gasteiger partial charge is 0.403 e. The summed E-state index contributed by atoms with van der Waals surface area (Å²) in [6.07, 6.45) is 6.01. The second kappa shape index (κ2) is 14.6. The third-order valence-corrected chi connectivity index (χ3v) is 11.4. The fraction of sp³-hybridized carbons (Fsp3) is 0.444. The number of alkyl halides is 3. The summed E-state index contributed by atoms with van der Waals surface area (Å²) in [5.41, 5.74) is 3.57. The summed E-state index contributed by atoms with van der Waals surface area (Å²) in [4.78, 5) is 24.9. The summed E-state index contributed by atoms with van der Waals surface area (Å²) in [6.45, 7) is 9.42. The van der Waals surface area contributed by atoms with Gasteiger partial charge in [0.05, 0.1) is 23.1 Å². The molecule has 3 fully saturated rings. The van der Waals surface area contributed by atoms with Crippen molar-refractivity contribution in [3.8, 4) is 5.75 Å². The van der Waals surface area contributed by atoms with Crippen LogP contribution in [-0.2, 0) is 10.0 Å². The van der Waals surface area contributed by atoms with Gasteiger partial charge in [-0.15, -0.1) is 13.2 Å². The van der Waals surface area contributed by atoms with Crippen LogP contribution in [0.1, 0.15) is 42.7 Å². The Morgan fingerprint density at radius 3 is 2.34 bits per heavy atom. The summed E-state index contributed by atoms with van der Waals surface area (Å²) < 4.78 is 72.8. The van der Waals surface area contributed by atoms with E-state index in [0.29, 0.717) is 52.9 Å². The molecule has 7 rings (SSSR count). The van der Waals surface area contributed by atoms with Crippen LogP contribution >= 0.6 is 0 Å². The van der Waals surface area contributed by atoms with Crippen molar-refractivity contribution in [2.45, 2.75) is 44.0 Å².